The highest BCUT2D eigenvalue weighted by atomic mass is 79.9. The zero-order chi connectivity index (χ0) is 14.8. The molecule has 1 aromatic rings. The van der Waals surface area contributed by atoms with Gasteiger partial charge in [0.2, 0.25) is 0 Å². The summed E-state index contributed by atoms with van der Waals surface area (Å²) in [5.74, 6) is -0.174. The molecule has 110 valence electrons. The van der Waals surface area contributed by atoms with Gasteiger partial charge in [-0.2, -0.15) is 0 Å². The second kappa shape index (κ2) is 6.07. The molecule has 7 heteroatoms. The van der Waals surface area contributed by atoms with Gasteiger partial charge in [0, 0.05) is 20.4 Å². The molecular weight excluding hydrogens is 326 g/mol. The molecule has 2 rings (SSSR count). The molecule has 6 nitrogen and oxygen atoms in total. The van der Waals surface area contributed by atoms with Gasteiger partial charge in [0.1, 0.15) is 5.60 Å². The topological polar surface area (TPSA) is 72.4 Å². The Morgan fingerprint density at radius 1 is 1.50 bits per heavy atom. The fourth-order valence-corrected chi connectivity index (χ4v) is 2.87. The number of aryl methyl sites for hydroxylation is 1. The number of piperidine rings is 1. The monoisotopic (exact) mass is 343 g/mol. The van der Waals surface area contributed by atoms with Crippen molar-refractivity contribution in [3.05, 3.63) is 27.1 Å². The molecule has 1 aromatic heterocycles. The van der Waals surface area contributed by atoms with Crippen LogP contribution >= 0.6 is 15.9 Å². The number of hydrogen-bond acceptors (Lipinski definition) is 4. The van der Waals surface area contributed by atoms with Gasteiger partial charge in [0.05, 0.1) is 10.2 Å². The molecule has 0 radical (unpaired) electrons. The number of anilines is 1. The van der Waals surface area contributed by atoms with Gasteiger partial charge >= 0.3 is 0 Å². The molecule has 1 aliphatic heterocycles. The van der Waals surface area contributed by atoms with Crippen molar-refractivity contribution in [2.45, 2.75) is 18.4 Å². The largest absolute Gasteiger partial charge is 0.368 e. The van der Waals surface area contributed by atoms with Gasteiger partial charge < -0.3 is 19.9 Å². The summed E-state index contributed by atoms with van der Waals surface area (Å²) in [4.78, 5) is 24.1. The molecular formula is C13H18BrN3O3. The van der Waals surface area contributed by atoms with E-state index >= 15 is 0 Å². The summed E-state index contributed by atoms with van der Waals surface area (Å²) in [5.41, 5.74) is -0.378. The van der Waals surface area contributed by atoms with Gasteiger partial charge in [-0.25, -0.2) is 0 Å². The minimum absolute atomic E-state index is 0.147. The van der Waals surface area contributed by atoms with Gasteiger partial charge in [-0.3, -0.25) is 9.59 Å². The maximum Gasteiger partial charge on any atom is 0.264 e. The van der Waals surface area contributed by atoms with Crippen LogP contribution in [0.25, 0.3) is 0 Å². The smallest absolute Gasteiger partial charge is 0.264 e. The van der Waals surface area contributed by atoms with Crippen LogP contribution in [0.1, 0.15) is 12.8 Å². The lowest BCUT2D eigenvalue weighted by molar-refractivity contribution is -0.140. The van der Waals surface area contributed by atoms with E-state index in [1.54, 1.807) is 26.4 Å². The number of carbonyl (C=O) groups excluding carboxylic acids is 1. The minimum Gasteiger partial charge on any atom is -0.368 e. The van der Waals surface area contributed by atoms with Crippen molar-refractivity contribution in [3.8, 4) is 0 Å². The van der Waals surface area contributed by atoms with Crippen LogP contribution in [-0.4, -0.2) is 36.3 Å². The zero-order valence-corrected chi connectivity index (χ0v) is 13.1. The van der Waals surface area contributed by atoms with Crippen molar-refractivity contribution in [2.24, 2.45) is 7.05 Å². The number of ether oxygens (including phenoxy) is 1. The highest BCUT2D eigenvalue weighted by Gasteiger charge is 2.39. The molecule has 0 bridgehead atoms. The Labute approximate surface area is 125 Å². The Bertz CT molecular complexity index is 538. The highest BCUT2D eigenvalue weighted by molar-refractivity contribution is 9.10. The van der Waals surface area contributed by atoms with Gasteiger partial charge in [0.25, 0.3) is 11.5 Å². The van der Waals surface area contributed by atoms with E-state index < -0.39 is 5.60 Å². The van der Waals surface area contributed by atoms with E-state index in [1.165, 1.54) is 4.57 Å². The number of methoxy groups -OCH3 is 1. The molecule has 2 heterocycles. The van der Waals surface area contributed by atoms with Crippen LogP contribution in [0.5, 0.6) is 0 Å². The van der Waals surface area contributed by atoms with Gasteiger partial charge in [-0.15, -0.1) is 0 Å². The van der Waals surface area contributed by atoms with Crippen molar-refractivity contribution < 1.29 is 9.53 Å². The van der Waals surface area contributed by atoms with E-state index in [2.05, 4.69) is 26.6 Å². The Hall–Kier alpha value is -1.18. The molecule has 0 saturated carbocycles. The lowest BCUT2D eigenvalue weighted by Crippen LogP contribution is -2.51. The van der Waals surface area contributed by atoms with Gasteiger partial charge in [-0.05, 0) is 47.9 Å². The number of rotatable bonds is 3. The molecule has 1 amide bonds. The molecule has 0 spiro atoms. The van der Waals surface area contributed by atoms with Crippen LogP contribution in [0.4, 0.5) is 5.69 Å². The molecule has 1 aliphatic rings. The van der Waals surface area contributed by atoms with Crippen LogP contribution < -0.4 is 16.2 Å². The number of nitrogens with zero attached hydrogens (tertiary/aromatic N) is 1. The van der Waals surface area contributed by atoms with E-state index in [4.69, 9.17) is 4.74 Å². The molecule has 1 saturated heterocycles. The molecule has 20 heavy (non-hydrogen) atoms. The fraction of sp³-hybridized carbons (Fsp3) is 0.538. The second-order valence-electron chi connectivity index (χ2n) is 4.90. The Balaban J connectivity index is 2.20. The highest BCUT2D eigenvalue weighted by Crippen LogP contribution is 2.24. The summed E-state index contributed by atoms with van der Waals surface area (Å²) in [7, 11) is 3.20. The Morgan fingerprint density at radius 2 is 2.15 bits per heavy atom. The number of nitrogens with one attached hydrogen (secondary N) is 2. The molecule has 2 N–H and O–H groups in total. The summed E-state index contributed by atoms with van der Waals surface area (Å²) in [5, 5.41) is 6.04. The number of pyridine rings is 1. The first kappa shape index (κ1) is 15.2. The SMILES string of the molecule is COC1(C(=O)Nc2cc(Br)c(=O)n(C)c2)CCNCC1. The van der Waals surface area contributed by atoms with Gasteiger partial charge in [0.15, 0.2) is 0 Å². The average Bonchev–Trinajstić information content (AvgIpc) is 2.45. The summed E-state index contributed by atoms with van der Waals surface area (Å²) < 4.78 is 7.29. The Kier molecular flexibility index (Phi) is 4.62. The predicted molar refractivity (Wildman–Crippen MR) is 79.9 cm³/mol. The average molecular weight is 344 g/mol. The standard InChI is InChI=1S/C13H18BrN3O3/c1-17-8-9(7-10(14)11(17)18)16-12(19)13(20-2)3-5-15-6-4-13/h7-8,15H,3-6H2,1-2H3,(H,16,19). The lowest BCUT2D eigenvalue weighted by Gasteiger charge is -2.34. The van der Waals surface area contributed by atoms with Crippen LogP contribution in [0.15, 0.2) is 21.5 Å². The van der Waals surface area contributed by atoms with E-state index in [1.807, 2.05) is 0 Å². The van der Waals surface area contributed by atoms with E-state index in [0.717, 1.165) is 13.1 Å². The zero-order valence-electron chi connectivity index (χ0n) is 11.5. The lowest BCUT2D eigenvalue weighted by atomic mass is 9.91. The summed E-state index contributed by atoms with van der Waals surface area (Å²) in [6, 6.07) is 1.60. The molecule has 0 aromatic carbocycles. The number of amides is 1. The quantitative estimate of drug-likeness (QED) is 0.853. The Morgan fingerprint density at radius 3 is 2.70 bits per heavy atom. The minimum atomic E-state index is -0.799. The summed E-state index contributed by atoms with van der Waals surface area (Å²) in [6.07, 6.45) is 2.85. The predicted octanol–water partition coefficient (Wildman–Crippen LogP) is 0.855. The number of carbonyl (C=O) groups is 1. The number of aromatic nitrogens is 1. The van der Waals surface area contributed by atoms with Crippen LogP contribution in [0.3, 0.4) is 0 Å². The number of halogens is 1. The van der Waals surface area contributed by atoms with E-state index in [-0.39, 0.29) is 11.5 Å². The summed E-state index contributed by atoms with van der Waals surface area (Å²) in [6.45, 7) is 1.50. The van der Waals surface area contributed by atoms with Gasteiger partial charge in [-0.1, -0.05) is 0 Å². The molecule has 0 atom stereocenters. The first-order valence-corrected chi connectivity index (χ1v) is 7.21. The third-order valence-corrected chi connectivity index (χ3v) is 4.18. The normalized spacial score (nSPS) is 17.8. The van der Waals surface area contributed by atoms with Crippen LogP contribution in [0.2, 0.25) is 0 Å². The maximum atomic E-state index is 12.5. The van der Waals surface area contributed by atoms with E-state index in [0.29, 0.717) is 23.0 Å². The number of hydrogen-bond donors (Lipinski definition) is 2. The van der Waals surface area contributed by atoms with Crippen molar-refractivity contribution in [3.63, 3.8) is 0 Å². The van der Waals surface area contributed by atoms with Crippen LogP contribution in [-0.2, 0) is 16.6 Å². The van der Waals surface area contributed by atoms with Crippen LogP contribution in [0, 0.1) is 0 Å². The fourth-order valence-electron chi connectivity index (χ4n) is 2.34. The second-order valence-corrected chi connectivity index (χ2v) is 5.75. The summed E-state index contributed by atoms with van der Waals surface area (Å²) >= 11 is 3.19. The van der Waals surface area contributed by atoms with Crippen molar-refractivity contribution in [1.29, 1.82) is 0 Å². The first-order chi connectivity index (χ1) is 9.48. The van der Waals surface area contributed by atoms with Crippen molar-refractivity contribution >= 4 is 27.5 Å². The van der Waals surface area contributed by atoms with E-state index in [9.17, 15) is 9.59 Å². The molecule has 0 unspecified atom stereocenters. The third-order valence-electron chi connectivity index (χ3n) is 3.61. The third kappa shape index (κ3) is 2.94. The van der Waals surface area contributed by atoms with Crippen molar-refractivity contribution in [1.82, 2.24) is 9.88 Å². The first-order valence-electron chi connectivity index (χ1n) is 6.42. The molecule has 0 aliphatic carbocycles. The molecule has 1 fully saturated rings. The van der Waals surface area contributed by atoms with Crippen molar-refractivity contribution in [2.75, 3.05) is 25.5 Å². The maximum absolute atomic E-state index is 12.5.